The molecule has 1 aliphatic carbocycles. The average Bonchev–Trinajstić information content (AvgIpc) is 3.33. The lowest BCUT2D eigenvalue weighted by molar-refractivity contribution is -0.142. The average molecular weight is 483 g/mol. The summed E-state index contributed by atoms with van der Waals surface area (Å²) in [5.41, 5.74) is 5.99. The molecule has 184 valence electrons. The Kier molecular flexibility index (Phi) is 6.27. The molecule has 6 nitrogen and oxygen atoms in total. The van der Waals surface area contributed by atoms with E-state index in [4.69, 9.17) is 9.47 Å². The number of carbonyl (C=O) groups excluding carboxylic acids is 2. The van der Waals surface area contributed by atoms with Crippen molar-refractivity contribution in [1.29, 1.82) is 0 Å². The van der Waals surface area contributed by atoms with Crippen LogP contribution in [0.3, 0.4) is 0 Å². The molecule has 0 N–H and O–H groups in total. The molecule has 0 fully saturated rings. The minimum atomic E-state index is -0.532. The topological polar surface area (TPSA) is 62.5 Å². The van der Waals surface area contributed by atoms with Gasteiger partial charge in [0, 0.05) is 58.6 Å². The number of allylic oxidation sites excluding steroid dienone is 2. The fourth-order valence-electron chi connectivity index (χ4n) is 5.97. The van der Waals surface area contributed by atoms with Gasteiger partial charge in [0.15, 0.2) is 0 Å². The number of nitrogens with zero attached hydrogens (tertiary/aromatic N) is 2. The first kappa shape index (κ1) is 23.7. The largest absolute Gasteiger partial charge is 0.469 e. The fourth-order valence-corrected chi connectivity index (χ4v) is 5.97. The molecule has 6 heteroatoms. The molecule has 0 amide bonds. The number of rotatable bonds is 7. The van der Waals surface area contributed by atoms with Crippen molar-refractivity contribution in [2.75, 3.05) is 14.2 Å². The zero-order chi connectivity index (χ0) is 25.4. The summed E-state index contributed by atoms with van der Waals surface area (Å²) in [7, 11) is 2.85. The highest BCUT2D eigenvalue weighted by molar-refractivity contribution is 5.95. The first-order chi connectivity index (χ1) is 17.5. The molecule has 0 spiro atoms. The van der Waals surface area contributed by atoms with E-state index in [-0.39, 0.29) is 24.3 Å². The van der Waals surface area contributed by atoms with Gasteiger partial charge in [-0.1, -0.05) is 48.6 Å². The van der Waals surface area contributed by atoms with E-state index in [0.29, 0.717) is 19.5 Å². The Morgan fingerprint density at radius 1 is 0.889 bits per heavy atom. The van der Waals surface area contributed by atoms with E-state index in [0.717, 1.165) is 44.3 Å². The molecule has 0 aliphatic heterocycles. The normalized spacial score (nSPS) is 16.7. The van der Waals surface area contributed by atoms with Gasteiger partial charge in [0.05, 0.1) is 26.6 Å². The molecule has 4 aromatic rings. The summed E-state index contributed by atoms with van der Waals surface area (Å²) in [5.74, 6) is -1.45. The molecule has 2 heterocycles. The van der Waals surface area contributed by atoms with Crippen LogP contribution in [0.5, 0.6) is 0 Å². The number of carbonyl (C=O) groups is 2. The fraction of sp³-hybridized carbons (Fsp3) is 0.267. The Labute approximate surface area is 210 Å². The predicted octanol–water partition coefficient (Wildman–Crippen LogP) is 5.48. The van der Waals surface area contributed by atoms with Crippen LogP contribution < -0.4 is 0 Å². The van der Waals surface area contributed by atoms with Crippen molar-refractivity contribution in [1.82, 2.24) is 9.13 Å². The summed E-state index contributed by atoms with van der Waals surface area (Å²) in [5, 5.41) is 2.06. The standard InChI is InChI=1S/C30H30N2O4/c1-5-15-31-23-13-9-7-11-19(23)27-21(18-26(33)35-3)29-28(22(17-25(27)31)30(34)36-4)20-12-8-10-14-24(20)32(29)16-6-2/h5-14,21-22H,1-2,15-18H2,3-4H3/t21-,22-/m1/s1. The first-order valence-electron chi connectivity index (χ1n) is 12.1. The zero-order valence-electron chi connectivity index (χ0n) is 20.7. The van der Waals surface area contributed by atoms with Gasteiger partial charge in [0.2, 0.25) is 0 Å². The van der Waals surface area contributed by atoms with Crippen LogP contribution in [-0.2, 0) is 38.6 Å². The summed E-state index contributed by atoms with van der Waals surface area (Å²) < 4.78 is 14.9. The van der Waals surface area contributed by atoms with Crippen LogP contribution in [-0.4, -0.2) is 35.3 Å². The van der Waals surface area contributed by atoms with E-state index in [9.17, 15) is 9.59 Å². The Balaban J connectivity index is 1.96. The smallest absolute Gasteiger partial charge is 0.313 e. The SMILES string of the molecule is C=CCn1c2c(c3ccccc31)[C@@H](CC(=O)OC)c1c(c3ccccc3n1CC=C)[C@H](C(=O)OC)C2. The lowest BCUT2D eigenvalue weighted by atomic mass is 9.88. The molecule has 0 saturated heterocycles. The highest BCUT2D eigenvalue weighted by Crippen LogP contribution is 2.49. The molecule has 0 radical (unpaired) electrons. The van der Waals surface area contributed by atoms with Gasteiger partial charge in [0.25, 0.3) is 0 Å². The maximum Gasteiger partial charge on any atom is 0.313 e. The maximum absolute atomic E-state index is 13.4. The van der Waals surface area contributed by atoms with Crippen molar-refractivity contribution < 1.29 is 19.1 Å². The minimum Gasteiger partial charge on any atom is -0.469 e. The van der Waals surface area contributed by atoms with E-state index in [2.05, 4.69) is 40.5 Å². The van der Waals surface area contributed by atoms with Gasteiger partial charge in [-0.2, -0.15) is 0 Å². The van der Waals surface area contributed by atoms with Crippen molar-refractivity contribution in [2.24, 2.45) is 0 Å². The molecule has 36 heavy (non-hydrogen) atoms. The molecule has 0 bridgehead atoms. The third-order valence-corrected chi connectivity index (χ3v) is 7.31. The second-order valence-corrected chi connectivity index (χ2v) is 9.10. The first-order valence-corrected chi connectivity index (χ1v) is 12.1. The molecule has 1 aliphatic rings. The summed E-state index contributed by atoms with van der Waals surface area (Å²) in [6.07, 6.45) is 4.32. The molecular formula is C30H30N2O4. The number of para-hydroxylation sites is 2. The Hall–Kier alpha value is -4.06. The number of ether oxygens (including phenoxy) is 2. The quantitative estimate of drug-likeness (QED) is 0.259. The molecular weight excluding hydrogens is 452 g/mol. The molecule has 5 rings (SSSR count). The van der Waals surface area contributed by atoms with Crippen molar-refractivity contribution in [2.45, 2.75) is 37.8 Å². The monoisotopic (exact) mass is 482 g/mol. The van der Waals surface area contributed by atoms with Crippen LogP contribution in [0.25, 0.3) is 21.8 Å². The summed E-state index contributed by atoms with van der Waals surface area (Å²) >= 11 is 0. The summed E-state index contributed by atoms with van der Waals surface area (Å²) in [4.78, 5) is 26.3. The Morgan fingerprint density at radius 2 is 1.47 bits per heavy atom. The van der Waals surface area contributed by atoms with Gasteiger partial charge in [-0.3, -0.25) is 9.59 Å². The van der Waals surface area contributed by atoms with Crippen molar-refractivity contribution in [3.8, 4) is 0 Å². The van der Waals surface area contributed by atoms with Crippen molar-refractivity contribution in [3.63, 3.8) is 0 Å². The number of hydrogen-bond acceptors (Lipinski definition) is 4. The molecule has 0 unspecified atom stereocenters. The zero-order valence-corrected chi connectivity index (χ0v) is 20.7. The number of fused-ring (bicyclic) bond motifs is 6. The molecule has 2 aromatic carbocycles. The third kappa shape index (κ3) is 3.56. The predicted molar refractivity (Wildman–Crippen MR) is 141 cm³/mol. The molecule has 2 aromatic heterocycles. The van der Waals surface area contributed by atoms with Crippen LogP contribution in [0.1, 0.15) is 40.8 Å². The van der Waals surface area contributed by atoms with Gasteiger partial charge in [-0.15, -0.1) is 13.2 Å². The summed E-state index contributed by atoms with van der Waals surface area (Å²) in [6, 6.07) is 16.3. The number of esters is 2. The van der Waals surface area contributed by atoms with E-state index in [1.54, 1.807) is 0 Å². The third-order valence-electron chi connectivity index (χ3n) is 7.31. The number of methoxy groups -OCH3 is 2. The van der Waals surface area contributed by atoms with E-state index >= 15 is 0 Å². The second kappa shape index (κ2) is 9.53. The maximum atomic E-state index is 13.4. The molecule has 2 atom stereocenters. The second-order valence-electron chi connectivity index (χ2n) is 9.10. The Morgan fingerprint density at radius 3 is 2.08 bits per heavy atom. The van der Waals surface area contributed by atoms with Crippen molar-refractivity contribution in [3.05, 3.63) is 96.4 Å². The van der Waals surface area contributed by atoms with Gasteiger partial charge in [-0.25, -0.2) is 0 Å². The van der Waals surface area contributed by atoms with Gasteiger partial charge in [0.1, 0.15) is 0 Å². The van der Waals surface area contributed by atoms with Gasteiger partial charge < -0.3 is 18.6 Å². The van der Waals surface area contributed by atoms with Gasteiger partial charge in [-0.05, 0) is 23.3 Å². The number of benzene rings is 2. The van der Waals surface area contributed by atoms with Crippen molar-refractivity contribution >= 4 is 33.7 Å². The minimum absolute atomic E-state index is 0.153. The molecule has 0 saturated carbocycles. The van der Waals surface area contributed by atoms with Crippen LogP contribution in [0.15, 0.2) is 73.8 Å². The van der Waals surface area contributed by atoms with Gasteiger partial charge >= 0.3 is 11.9 Å². The Bertz CT molecular complexity index is 1510. The lowest BCUT2D eigenvalue weighted by Crippen LogP contribution is -2.19. The van der Waals surface area contributed by atoms with Crippen LogP contribution >= 0.6 is 0 Å². The number of aromatic nitrogens is 2. The highest BCUT2D eigenvalue weighted by Gasteiger charge is 2.41. The lowest BCUT2D eigenvalue weighted by Gasteiger charge is -2.21. The number of hydrogen-bond donors (Lipinski definition) is 0. The summed E-state index contributed by atoms with van der Waals surface area (Å²) in [6.45, 7) is 9.10. The van der Waals surface area contributed by atoms with Crippen LogP contribution in [0, 0.1) is 0 Å². The van der Waals surface area contributed by atoms with Crippen LogP contribution in [0.2, 0.25) is 0 Å². The highest BCUT2D eigenvalue weighted by atomic mass is 16.5. The van der Waals surface area contributed by atoms with E-state index in [1.165, 1.54) is 14.2 Å². The van der Waals surface area contributed by atoms with E-state index < -0.39 is 5.92 Å². The van der Waals surface area contributed by atoms with E-state index in [1.807, 2.05) is 42.5 Å². The van der Waals surface area contributed by atoms with Crippen LogP contribution in [0.4, 0.5) is 0 Å².